The molecular formula is C23H25Cl2FN6O2. The molecule has 1 fully saturated rings. The molecular weight excluding hydrogens is 482 g/mol. The third-order valence-corrected chi connectivity index (χ3v) is 7.30. The summed E-state index contributed by atoms with van der Waals surface area (Å²) in [5.74, 6) is 0.702. The van der Waals surface area contributed by atoms with E-state index in [9.17, 15) is 4.39 Å². The molecule has 0 bridgehead atoms. The van der Waals surface area contributed by atoms with Gasteiger partial charge in [-0.05, 0) is 57.0 Å². The van der Waals surface area contributed by atoms with Crippen LogP contribution in [0.2, 0.25) is 10.0 Å². The van der Waals surface area contributed by atoms with Crippen molar-refractivity contribution >= 4 is 28.9 Å². The lowest BCUT2D eigenvalue weighted by molar-refractivity contribution is 0.156. The number of anilines is 1. The van der Waals surface area contributed by atoms with E-state index in [1.165, 1.54) is 12.1 Å². The molecule has 0 amide bonds. The molecule has 180 valence electrons. The molecule has 0 aliphatic carbocycles. The summed E-state index contributed by atoms with van der Waals surface area (Å²) in [5.41, 5.74) is 2.81. The summed E-state index contributed by atoms with van der Waals surface area (Å²) in [7, 11) is 0. The van der Waals surface area contributed by atoms with Gasteiger partial charge in [-0.1, -0.05) is 28.4 Å². The van der Waals surface area contributed by atoms with E-state index >= 15 is 0 Å². The van der Waals surface area contributed by atoms with Crippen LogP contribution >= 0.6 is 23.2 Å². The predicted octanol–water partition coefficient (Wildman–Crippen LogP) is 4.10. The van der Waals surface area contributed by atoms with Crippen molar-refractivity contribution in [2.45, 2.75) is 38.1 Å². The maximum Gasteiger partial charge on any atom is 0.230 e. The van der Waals surface area contributed by atoms with Crippen LogP contribution in [0.15, 0.2) is 22.7 Å². The van der Waals surface area contributed by atoms with Gasteiger partial charge in [0.25, 0.3) is 0 Å². The first-order valence-electron chi connectivity index (χ1n) is 11.4. The van der Waals surface area contributed by atoms with Crippen molar-refractivity contribution in [1.29, 1.82) is 0 Å². The number of piperidine rings is 1. The number of halogens is 3. The molecule has 3 aromatic rings. The summed E-state index contributed by atoms with van der Waals surface area (Å²) in [6.07, 6.45) is 3.50. The normalized spacial score (nSPS) is 17.2. The van der Waals surface area contributed by atoms with Crippen LogP contribution in [0.1, 0.15) is 42.3 Å². The smallest absolute Gasteiger partial charge is 0.230 e. The average Bonchev–Trinajstić information content (AvgIpc) is 3.35. The molecule has 2 aromatic heterocycles. The Hall–Kier alpha value is -2.33. The summed E-state index contributed by atoms with van der Waals surface area (Å²) in [6, 6.07) is 4.70. The zero-order valence-electron chi connectivity index (χ0n) is 18.6. The summed E-state index contributed by atoms with van der Waals surface area (Å²) in [6.45, 7) is 3.75. The van der Waals surface area contributed by atoms with E-state index < -0.39 is 5.82 Å². The summed E-state index contributed by atoms with van der Waals surface area (Å²) in [4.78, 5) is 8.93. The van der Waals surface area contributed by atoms with Crippen molar-refractivity contribution in [3.05, 3.63) is 51.2 Å². The van der Waals surface area contributed by atoms with Crippen LogP contribution in [0, 0.1) is 5.82 Å². The number of benzene rings is 1. The van der Waals surface area contributed by atoms with E-state index in [-0.39, 0.29) is 17.5 Å². The van der Waals surface area contributed by atoms with Crippen LogP contribution in [-0.4, -0.2) is 63.1 Å². The van der Waals surface area contributed by atoms with E-state index in [1.54, 1.807) is 0 Å². The van der Waals surface area contributed by atoms with E-state index in [0.717, 1.165) is 56.7 Å². The highest BCUT2D eigenvalue weighted by Crippen LogP contribution is 2.34. The lowest BCUT2D eigenvalue weighted by atomic mass is 9.97. The number of aryl methyl sites for hydroxylation is 1. The minimum atomic E-state index is -0.492. The number of aliphatic hydroxyl groups is 1. The SMILES string of the molecule is OCCN1CCC(c2nc(-c3cc4c(nn3)CCCN4Cc3c(Cl)ccc(F)c3Cl)no2)CC1. The largest absolute Gasteiger partial charge is 0.395 e. The van der Waals surface area contributed by atoms with Gasteiger partial charge < -0.3 is 19.4 Å². The zero-order chi connectivity index (χ0) is 23.7. The Kier molecular flexibility index (Phi) is 6.96. The van der Waals surface area contributed by atoms with Gasteiger partial charge in [-0.2, -0.15) is 10.1 Å². The molecule has 0 atom stereocenters. The summed E-state index contributed by atoms with van der Waals surface area (Å²) in [5, 5.41) is 22.5. The second-order valence-corrected chi connectivity index (χ2v) is 9.49. The van der Waals surface area contributed by atoms with Crippen LogP contribution in [0.25, 0.3) is 11.5 Å². The molecule has 2 aliphatic rings. The van der Waals surface area contributed by atoms with E-state index in [0.29, 0.717) is 41.1 Å². The van der Waals surface area contributed by atoms with Crippen molar-refractivity contribution in [1.82, 2.24) is 25.2 Å². The Balaban J connectivity index is 1.37. The van der Waals surface area contributed by atoms with Crippen LogP contribution in [-0.2, 0) is 13.0 Å². The van der Waals surface area contributed by atoms with Crippen molar-refractivity contribution < 1.29 is 14.0 Å². The highest BCUT2D eigenvalue weighted by atomic mass is 35.5. The first-order chi connectivity index (χ1) is 16.5. The fourth-order valence-electron chi connectivity index (χ4n) is 4.65. The number of likely N-dealkylation sites (tertiary alicyclic amines) is 1. The number of nitrogens with zero attached hydrogens (tertiary/aromatic N) is 6. The van der Waals surface area contributed by atoms with E-state index in [2.05, 4.69) is 30.1 Å². The summed E-state index contributed by atoms with van der Waals surface area (Å²) < 4.78 is 19.6. The average molecular weight is 507 g/mol. The van der Waals surface area contributed by atoms with Gasteiger partial charge in [-0.3, -0.25) is 0 Å². The third kappa shape index (κ3) is 4.75. The van der Waals surface area contributed by atoms with E-state index in [1.807, 2.05) is 6.07 Å². The lowest BCUT2D eigenvalue weighted by Crippen LogP contribution is -2.35. The van der Waals surface area contributed by atoms with Crippen LogP contribution < -0.4 is 4.90 Å². The highest BCUT2D eigenvalue weighted by Gasteiger charge is 2.27. The second-order valence-electron chi connectivity index (χ2n) is 8.70. The number of aliphatic hydroxyl groups excluding tert-OH is 1. The van der Waals surface area contributed by atoms with Crippen molar-refractivity contribution in [2.24, 2.45) is 0 Å². The van der Waals surface area contributed by atoms with Crippen molar-refractivity contribution in [3.63, 3.8) is 0 Å². The number of hydrogen-bond acceptors (Lipinski definition) is 8. The van der Waals surface area contributed by atoms with Gasteiger partial charge in [0.05, 0.1) is 23.0 Å². The van der Waals surface area contributed by atoms with Crippen molar-refractivity contribution in [3.8, 4) is 11.5 Å². The number of rotatable bonds is 6. The number of hydrogen-bond donors (Lipinski definition) is 1. The first-order valence-corrected chi connectivity index (χ1v) is 12.2. The molecule has 0 radical (unpaired) electrons. The third-order valence-electron chi connectivity index (χ3n) is 6.54. The molecule has 34 heavy (non-hydrogen) atoms. The van der Waals surface area contributed by atoms with Gasteiger partial charge in [-0.25, -0.2) is 4.39 Å². The maximum absolute atomic E-state index is 14.0. The first kappa shape index (κ1) is 23.4. The highest BCUT2D eigenvalue weighted by molar-refractivity contribution is 6.36. The van der Waals surface area contributed by atoms with Crippen LogP contribution in [0.4, 0.5) is 10.1 Å². The standard InChI is InChI=1S/C23H25Cl2FN6O2/c24-16-3-4-17(26)21(25)15(16)13-32-7-1-2-18-20(32)12-19(29-28-18)22-27-23(34-30-22)14-5-8-31(9-6-14)10-11-33/h3-4,12,14,33H,1-2,5-11,13H2. The Labute approximate surface area is 206 Å². The van der Waals surface area contributed by atoms with Gasteiger partial charge in [0.1, 0.15) is 11.5 Å². The van der Waals surface area contributed by atoms with Gasteiger partial charge in [0.2, 0.25) is 11.7 Å². The molecule has 4 heterocycles. The molecule has 1 N–H and O–H groups in total. The molecule has 1 aromatic carbocycles. The molecule has 5 rings (SSSR count). The van der Waals surface area contributed by atoms with Gasteiger partial charge >= 0.3 is 0 Å². The minimum Gasteiger partial charge on any atom is -0.395 e. The lowest BCUT2D eigenvalue weighted by Gasteiger charge is -2.31. The minimum absolute atomic E-state index is 0.0368. The van der Waals surface area contributed by atoms with Crippen molar-refractivity contribution in [2.75, 3.05) is 37.7 Å². The summed E-state index contributed by atoms with van der Waals surface area (Å²) >= 11 is 12.5. The van der Waals surface area contributed by atoms with E-state index in [4.69, 9.17) is 32.8 Å². The Morgan fingerprint density at radius 3 is 2.76 bits per heavy atom. The Morgan fingerprint density at radius 2 is 1.97 bits per heavy atom. The fraction of sp³-hybridized carbons (Fsp3) is 0.478. The van der Waals surface area contributed by atoms with Crippen LogP contribution in [0.3, 0.4) is 0 Å². The van der Waals surface area contributed by atoms with Gasteiger partial charge in [0.15, 0.2) is 0 Å². The molecule has 2 aliphatic heterocycles. The second kappa shape index (κ2) is 10.1. The molecule has 0 saturated carbocycles. The van der Waals surface area contributed by atoms with Gasteiger partial charge in [0, 0.05) is 36.1 Å². The van der Waals surface area contributed by atoms with Crippen LogP contribution in [0.5, 0.6) is 0 Å². The van der Waals surface area contributed by atoms with Gasteiger partial charge in [-0.15, -0.1) is 5.10 Å². The topological polar surface area (TPSA) is 91.4 Å². The molecule has 0 spiro atoms. The molecule has 11 heteroatoms. The zero-order valence-corrected chi connectivity index (χ0v) is 20.1. The molecule has 1 saturated heterocycles. The molecule has 0 unspecified atom stereocenters. The Morgan fingerprint density at radius 1 is 1.15 bits per heavy atom. The fourth-order valence-corrected chi connectivity index (χ4v) is 5.14. The quantitative estimate of drug-likeness (QED) is 0.499. The number of fused-ring (bicyclic) bond motifs is 1. The maximum atomic E-state index is 14.0. The monoisotopic (exact) mass is 506 g/mol. The molecule has 8 nitrogen and oxygen atoms in total. The number of aromatic nitrogens is 4. The predicted molar refractivity (Wildman–Crippen MR) is 127 cm³/mol. The number of β-amino-alcohol motifs (C(OH)–C–C–N with tert-alkyl or cyclic N) is 1. The Bertz CT molecular complexity index is 1170.